The molecular weight excluding hydrogens is 556 g/mol. The molecule has 4 aromatic rings. The summed E-state index contributed by atoms with van der Waals surface area (Å²) < 4.78 is 33.1. The number of aromatic nitrogens is 3. The van der Waals surface area contributed by atoms with Gasteiger partial charge in [-0.15, -0.1) is 0 Å². The molecule has 4 N–H and O–H groups in total. The molecule has 0 spiro atoms. The Labute approximate surface area is 247 Å². The zero-order valence-corrected chi connectivity index (χ0v) is 23.6. The molecule has 1 saturated heterocycles. The zero-order chi connectivity index (χ0) is 30.1. The summed E-state index contributed by atoms with van der Waals surface area (Å²) in [7, 11) is 0. The van der Waals surface area contributed by atoms with E-state index in [9.17, 15) is 18.4 Å². The average Bonchev–Trinajstić information content (AvgIpc) is 3.46. The molecule has 1 aliphatic heterocycles. The molecular formula is C32H33F2N5O4. The number of H-pyrrole nitrogens is 1. The summed E-state index contributed by atoms with van der Waals surface area (Å²) >= 11 is 0. The molecule has 2 aromatic carbocycles. The van der Waals surface area contributed by atoms with E-state index in [4.69, 9.17) is 15.6 Å². The first-order valence-corrected chi connectivity index (χ1v) is 14.6. The van der Waals surface area contributed by atoms with E-state index in [1.165, 1.54) is 37.9 Å². The molecule has 4 aliphatic rings. The van der Waals surface area contributed by atoms with Crippen LogP contribution >= 0.6 is 0 Å². The van der Waals surface area contributed by atoms with E-state index in [0.29, 0.717) is 54.4 Å². The second-order valence-electron chi connectivity index (χ2n) is 11.5. The highest BCUT2D eigenvalue weighted by Gasteiger charge is 2.39. The molecule has 4 fully saturated rings. The molecule has 2 aromatic heterocycles. The van der Waals surface area contributed by atoms with Crippen LogP contribution in [0.4, 0.5) is 14.6 Å². The van der Waals surface area contributed by atoms with E-state index in [2.05, 4.69) is 15.0 Å². The van der Waals surface area contributed by atoms with Gasteiger partial charge in [0.25, 0.3) is 5.91 Å². The van der Waals surface area contributed by atoms with E-state index in [0.717, 1.165) is 24.0 Å². The maximum atomic E-state index is 14.1. The minimum absolute atomic E-state index is 0.00231. The fourth-order valence-corrected chi connectivity index (χ4v) is 6.49. The van der Waals surface area contributed by atoms with Crippen LogP contribution in [0.1, 0.15) is 42.5 Å². The molecule has 11 heteroatoms. The van der Waals surface area contributed by atoms with E-state index in [-0.39, 0.29) is 29.0 Å². The van der Waals surface area contributed by atoms with Crippen molar-refractivity contribution in [1.82, 2.24) is 19.9 Å². The Morgan fingerprint density at radius 3 is 2.35 bits per heavy atom. The van der Waals surface area contributed by atoms with E-state index < -0.39 is 17.6 Å². The third-order valence-electron chi connectivity index (χ3n) is 8.78. The second-order valence-corrected chi connectivity index (χ2v) is 11.5. The summed E-state index contributed by atoms with van der Waals surface area (Å²) in [5.41, 5.74) is 8.44. The van der Waals surface area contributed by atoms with Gasteiger partial charge in [-0.1, -0.05) is 25.0 Å². The number of carboxylic acid groups (broad SMARTS) is 1. The number of aliphatic carboxylic acids is 1. The summed E-state index contributed by atoms with van der Waals surface area (Å²) in [6.07, 6.45) is 7.39. The first kappa shape index (κ1) is 28.7. The number of morpholine rings is 1. The van der Waals surface area contributed by atoms with Gasteiger partial charge in [-0.3, -0.25) is 9.59 Å². The molecule has 43 heavy (non-hydrogen) atoms. The monoisotopic (exact) mass is 589 g/mol. The van der Waals surface area contributed by atoms with E-state index in [1.807, 2.05) is 0 Å². The lowest BCUT2D eigenvalue weighted by Gasteiger charge is -2.40. The highest BCUT2D eigenvalue weighted by Crippen LogP contribution is 2.44. The zero-order valence-electron chi connectivity index (χ0n) is 23.6. The van der Waals surface area contributed by atoms with Crippen molar-refractivity contribution in [3.63, 3.8) is 0 Å². The minimum Gasteiger partial charge on any atom is -0.481 e. The van der Waals surface area contributed by atoms with Crippen molar-refractivity contribution in [1.29, 1.82) is 0 Å². The standard InChI is InChI=1S/C23H19F2N5O2.C9H14O2/c24-15-9-16-17(12-27-21(16)18(25)10-15)22-28-19(11-20(26)29-22)13-1-3-14(4-2-13)23(31)30-5-7-32-8-6-30;10-9(11)8-5-6-1-3-7(8)4-2-6/h1-4,9-12,27H,5-8H2,(H2,26,28,29);6-8H,1-5H2,(H,10,11). The van der Waals surface area contributed by atoms with Crippen LogP contribution in [0.5, 0.6) is 0 Å². The lowest BCUT2D eigenvalue weighted by molar-refractivity contribution is -0.147. The number of benzene rings is 2. The van der Waals surface area contributed by atoms with Crippen LogP contribution < -0.4 is 5.73 Å². The largest absolute Gasteiger partial charge is 0.481 e. The van der Waals surface area contributed by atoms with Crippen molar-refractivity contribution >= 4 is 28.6 Å². The summed E-state index contributed by atoms with van der Waals surface area (Å²) in [6, 6.07) is 10.7. The average molecular weight is 590 g/mol. The SMILES string of the molecule is Nc1cc(-c2ccc(C(=O)N3CCOCC3)cc2)nc(-c2c[nH]c3c(F)cc(F)cc23)n1.O=C(O)C1CC2CCC1CC2. The Morgan fingerprint density at radius 1 is 1.00 bits per heavy atom. The smallest absolute Gasteiger partial charge is 0.306 e. The Balaban J connectivity index is 0.000000250. The van der Waals surface area contributed by atoms with Gasteiger partial charge in [0.2, 0.25) is 0 Å². The van der Waals surface area contributed by atoms with Gasteiger partial charge in [-0.05, 0) is 49.3 Å². The summed E-state index contributed by atoms with van der Waals surface area (Å²) in [5, 5.41) is 9.18. The number of hydrogen-bond donors (Lipinski definition) is 3. The number of rotatable bonds is 4. The maximum Gasteiger partial charge on any atom is 0.306 e. The van der Waals surface area contributed by atoms with Crippen molar-refractivity contribution in [2.45, 2.75) is 32.1 Å². The highest BCUT2D eigenvalue weighted by atomic mass is 19.1. The number of hydrogen-bond acceptors (Lipinski definition) is 6. The molecule has 3 heterocycles. The number of carboxylic acids is 1. The highest BCUT2D eigenvalue weighted by molar-refractivity contribution is 5.95. The third-order valence-corrected chi connectivity index (χ3v) is 8.78. The van der Waals surface area contributed by atoms with Crippen molar-refractivity contribution in [2.24, 2.45) is 17.8 Å². The maximum absolute atomic E-state index is 14.1. The topological polar surface area (TPSA) is 134 Å². The van der Waals surface area contributed by atoms with Crippen LogP contribution in [0.25, 0.3) is 33.5 Å². The van der Waals surface area contributed by atoms with Crippen LogP contribution in [0.15, 0.2) is 48.7 Å². The number of nitrogen functional groups attached to an aromatic ring is 1. The fourth-order valence-electron chi connectivity index (χ4n) is 6.49. The Kier molecular flexibility index (Phi) is 8.07. The molecule has 224 valence electrons. The molecule has 1 unspecified atom stereocenters. The molecule has 9 nitrogen and oxygen atoms in total. The van der Waals surface area contributed by atoms with Gasteiger partial charge < -0.3 is 25.5 Å². The quantitative estimate of drug-likeness (QED) is 0.285. The molecule has 3 aliphatic carbocycles. The fraction of sp³-hybridized carbons (Fsp3) is 0.375. The van der Waals surface area contributed by atoms with Crippen molar-refractivity contribution < 1.29 is 28.2 Å². The number of nitrogens with two attached hydrogens (primary N) is 1. The molecule has 8 rings (SSSR count). The number of carbonyl (C=O) groups is 2. The van der Waals surface area contributed by atoms with Gasteiger partial charge in [0, 0.05) is 53.5 Å². The van der Waals surface area contributed by atoms with E-state index in [1.54, 1.807) is 35.2 Å². The minimum atomic E-state index is -0.698. The van der Waals surface area contributed by atoms with Crippen LogP contribution in [0, 0.1) is 29.4 Å². The normalized spacial score (nSPS) is 21.3. The van der Waals surface area contributed by atoms with Crippen LogP contribution in [0.3, 0.4) is 0 Å². The van der Waals surface area contributed by atoms with Crippen molar-refractivity contribution in [2.75, 3.05) is 32.0 Å². The number of nitrogens with one attached hydrogen (secondary N) is 1. The predicted octanol–water partition coefficient (Wildman–Crippen LogP) is 5.52. The molecule has 2 bridgehead atoms. The number of anilines is 1. The Bertz CT molecular complexity index is 1640. The van der Waals surface area contributed by atoms with Crippen LogP contribution in [-0.2, 0) is 9.53 Å². The van der Waals surface area contributed by atoms with Gasteiger partial charge in [0.1, 0.15) is 17.5 Å². The third kappa shape index (κ3) is 6.08. The second kappa shape index (κ2) is 12.1. The summed E-state index contributed by atoms with van der Waals surface area (Å²) in [5.74, 6) is -0.295. The number of amides is 1. The first-order chi connectivity index (χ1) is 20.8. The first-order valence-electron chi connectivity index (χ1n) is 14.6. The van der Waals surface area contributed by atoms with Gasteiger partial charge in [-0.2, -0.15) is 0 Å². The molecule has 0 radical (unpaired) electrons. The van der Waals surface area contributed by atoms with Crippen molar-refractivity contribution in [3.8, 4) is 22.6 Å². The summed E-state index contributed by atoms with van der Waals surface area (Å²) in [6.45, 7) is 2.21. The summed E-state index contributed by atoms with van der Waals surface area (Å²) in [4.78, 5) is 36.8. The number of carbonyl (C=O) groups excluding carboxylic acids is 1. The molecule has 1 atom stereocenters. The number of fused-ring (bicyclic) bond motifs is 4. The lowest BCUT2D eigenvalue weighted by Crippen LogP contribution is -2.40. The predicted molar refractivity (Wildman–Crippen MR) is 157 cm³/mol. The Hall–Kier alpha value is -4.38. The molecule has 3 saturated carbocycles. The van der Waals surface area contributed by atoms with Crippen molar-refractivity contribution in [3.05, 3.63) is 65.9 Å². The van der Waals surface area contributed by atoms with Gasteiger partial charge in [0.15, 0.2) is 5.82 Å². The van der Waals surface area contributed by atoms with Gasteiger partial charge in [0.05, 0.1) is 30.3 Å². The number of aromatic amines is 1. The lowest BCUT2D eigenvalue weighted by atomic mass is 9.65. The number of halogens is 2. The van der Waals surface area contributed by atoms with Crippen LogP contribution in [-0.4, -0.2) is 63.1 Å². The number of ether oxygens (including phenoxy) is 1. The van der Waals surface area contributed by atoms with Gasteiger partial charge >= 0.3 is 5.97 Å². The van der Waals surface area contributed by atoms with Crippen LogP contribution in [0.2, 0.25) is 0 Å². The van der Waals surface area contributed by atoms with E-state index >= 15 is 0 Å². The molecule has 1 amide bonds. The Morgan fingerprint density at radius 2 is 1.72 bits per heavy atom. The van der Waals surface area contributed by atoms with Gasteiger partial charge in [-0.25, -0.2) is 18.7 Å². The number of nitrogens with zero attached hydrogens (tertiary/aromatic N) is 3.